The fraction of sp³-hybridized carbons (Fsp3) is 0.286. The van der Waals surface area contributed by atoms with Crippen LogP contribution in [-0.2, 0) is 14.4 Å². The van der Waals surface area contributed by atoms with E-state index in [1.807, 2.05) is 72.8 Å². The summed E-state index contributed by atoms with van der Waals surface area (Å²) in [4.78, 5) is 51.7. The standard InChI is InChI=1S/C28H29N3O4/c29-26(33)25(32)24(17-19-7-3-1-2-4-8-19)30-27(34)21-13-15-31(16-14-21)28(35)23-12-11-20-9-5-6-10-22(20)18-23/h1,3-12,18,21,24H,2,13-17H2,(H2,29,33)(H,30,34). The normalized spacial score (nSPS) is 16.9. The SMILES string of the molecule is NC(=O)C(=O)C(CC1=CC=CCC=C1)NC(=O)C1CCN(C(=O)c2ccc3ccccc3c2)CC1. The number of carbonyl (C=O) groups excluding carboxylic acids is 4. The van der Waals surface area contributed by atoms with Crippen molar-refractivity contribution in [3.05, 3.63) is 84.0 Å². The van der Waals surface area contributed by atoms with Gasteiger partial charge in [-0.25, -0.2) is 0 Å². The number of likely N-dealkylation sites (tertiary alicyclic amines) is 1. The molecular formula is C28H29N3O4. The number of carbonyl (C=O) groups is 4. The molecule has 1 aliphatic heterocycles. The van der Waals surface area contributed by atoms with Gasteiger partial charge >= 0.3 is 0 Å². The highest BCUT2D eigenvalue weighted by Gasteiger charge is 2.32. The molecule has 0 saturated carbocycles. The number of fused-ring (bicyclic) bond motifs is 1. The maximum atomic E-state index is 13.0. The van der Waals surface area contributed by atoms with Crippen LogP contribution in [0.5, 0.6) is 0 Å². The summed E-state index contributed by atoms with van der Waals surface area (Å²) in [6.45, 7) is 0.883. The third kappa shape index (κ3) is 5.93. The summed E-state index contributed by atoms with van der Waals surface area (Å²) >= 11 is 0. The van der Waals surface area contributed by atoms with E-state index in [9.17, 15) is 19.2 Å². The number of nitrogens with zero attached hydrogens (tertiary/aromatic N) is 1. The van der Waals surface area contributed by atoms with Crippen LogP contribution in [0.25, 0.3) is 10.8 Å². The van der Waals surface area contributed by atoms with Crippen LogP contribution in [0.15, 0.2) is 78.4 Å². The number of ketones is 1. The number of nitrogens with two attached hydrogens (primary N) is 1. The van der Waals surface area contributed by atoms with E-state index in [1.165, 1.54) is 0 Å². The molecule has 0 bridgehead atoms. The van der Waals surface area contributed by atoms with E-state index in [4.69, 9.17) is 5.73 Å². The fourth-order valence-corrected chi connectivity index (χ4v) is 4.52. The zero-order valence-corrected chi connectivity index (χ0v) is 19.5. The van der Waals surface area contributed by atoms with Crippen molar-refractivity contribution in [2.75, 3.05) is 13.1 Å². The number of nitrogens with one attached hydrogen (secondary N) is 1. The van der Waals surface area contributed by atoms with Crippen molar-refractivity contribution >= 4 is 34.3 Å². The zero-order chi connectivity index (χ0) is 24.8. The Hall–Kier alpha value is -4.00. The van der Waals surface area contributed by atoms with E-state index < -0.39 is 17.7 Å². The molecule has 3 amide bonds. The molecule has 4 rings (SSSR count). The van der Waals surface area contributed by atoms with Gasteiger partial charge in [-0.2, -0.15) is 0 Å². The lowest BCUT2D eigenvalue weighted by Crippen LogP contribution is -2.50. The average molecular weight is 472 g/mol. The van der Waals surface area contributed by atoms with Crippen molar-refractivity contribution < 1.29 is 19.2 Å². The second-order valence-corrected chi connectivity index (χ2v) is 8.93. The predicted octanol–water partition coefficient (Wildman–Crippen LogP) is 3.06. The van der Waals surface area contributed by atoms with Gasteiger partial charge in [0.25, 0.3) is 11.8 Å². The first-order valence-electron chi connectivity index (χ1n) is 11.9. The number of allylic oxidation sites excluding steroid dienone is 5. The van der Waals surface area contributed by atoms with Gasteiger partial charge in [-0.15, -0.1) is 0 Å². The lowest BCUT2D eigenvalue weighted by Gasteiger charge is -2.32. The predicted molar refractivity (Wildman–Crippen MR) is 134 cm³/mol. The molecular weight excluding hydrogens is 442 g/mol. The Morgan fingerprint density at radius 1 is 1.00 bits per heavy atom. The minimum Gasteiger partial charge on any atom is -0.363 e. The van der Waals surface area contributed by atoms with E-state index in [0.717, 1.165) is 22.8 Å². The lowest BCUT2D eigenvalue weighted by molar-refractivity contribution is -0.139. The quantitative estimate of drug-likeness (QED) is 0.605. The van der Waals surface area contributed by atoms with Gasteiger partial charge in [-0.3, -0.25) is 19.2 Å². The summed E-state index contributed by atoms with van der Waals surface area (Å²) < 4.78 is 0. The maximum Gasteiger partial charge on any atom is 0.287 e. The molecule has 2 aliphatic rings. The minimum absolute atomic E-state index is 0.0588. The van der Waals surface area contributed by atoms with Crippen LogP contribution in [0.2, 0.25) is 0 Å². The molecule has 7 heteroatoms. The van der Waals surface area contributed by atoms with Gasteiger partial charge < -0.3 is 16.0 Å². The van der Waals surface area contributed by atoms with Crippen LogP contribution < -0.4 is 11.1 Å². The Kier molecular flexibility index (Phi) is 7.55. The van der Waals surface area contributed by atoms with E-state index in [0.29, 0.717) is 31.5 Å². The number of piperidine rings is 1. The molecule has 1 heterocycles. The van der Waals surface area contributed by atoms with Crippen molar-refractivity contribution in [1.29, 1.82) is 0 Å². The van der Waals surface area contributed by atoms with Gasteiger partial charge in [0.15, 0.2) is 0 Å². The lowest BCUT2D eigenvalue weighted by atomic mass is 9.93. The molecule has 1 unspecified atom stereocenters. The highest BCUT2D eigenvalue weighted by Crippen LogP contribution is 2.22. The van der Waals surface area contributed by atoms with Crippen LogP contribution >= 0.6 is 0 Å². The van der Waals surface area contributed by atoms with Gasteiger partial charge in [0.05, 0.1) is 0 Å². The molecule has 1 atom stereocenters. The number of Topliss-reactive ketones (excluding diaryl/α,β-unsaturated/α-hetero) is 1. The summed E-state index contributed by atoms with van der Waals surface area (Å²) in [5.74, 6) is -2.59. The number of rotatable bonds is 7. The fourth-order valence-electron chi connectivity index (χ4n) is 4.52. The van der Waals surface area contributed by atoms with E-state index in [-0.39, 0.29) is 24.2 Å². The van der Waals surface area contributed by atoms with Gasteiger partial charge in [0, 0.05) is 31.0 Å². The van der Waals surface area contributed by atoms with Crippen molar-refractivity contribution in [2.24, 2.45) is 11.7 Å². The second-order valence-electron chi connectivity index (χ2n) is 8.93. The molecule has 1 aliphatic carbocycles. The van der Waals surface area contributed by atoms with Gasteiger partial charge in [0.1, 0.15) is 6.04 Å². The van der Waals surface area contributed by atoms with Crippen molar-refractivity contribution in [1.82, 2.24) is 10.2 Å². The first-order valence-corrected chi connectivity index (χ1v) is 11.9. The zero-order valence-electron chi connectivity index (χ0n) is 19.5. The Morgan fingerprint density at radius 3 is 2.49 bits per heavy atom. The summed E-state index contributed by atoms with van der Waals surface area (Å²) in [5, 5.41) is 4.82. The topological polar surface area (TPSA) is 110 Å². The summed E-state index contributed by atoms with van der Waals surface area (Å²) in [7, 11) is 0. The molecule has 0 radical (unpaired) electrons. The maximum absolute atomic E-state index is 13.0. The van der Waals surface area contributed by atoms with Gasteiger partial charge in [0.2, 0.25) is 11.7 Å². The molecule has 0 spiro atoms. The number of amides is 3. The van der Waals surface area contributed by atoms with Crippen molar-refractivity contribution in [2.45, 2.75) is 31.7 Å². The number of hydrogen-bond acceptors (Lipinski definition) is 4. The van der Waals surface area contributed by atoms with Crippen LogP contribution in [0.3, 0.4) is 0 Å². The number of benzene rings is 2. The monoisotopic (exact) mass is 471 g/mol. The Balaban J connectivity index is 1.37. The van der Waals surface area contributed by atoms with Crippen molar-refractivity contribution in [3.63, 3.8) is 0 Å². The third-order valence-corrected chi connectivity index (χ3v) is 6.52. The summed E-state index contributed by atoms with van der Waals surface area (Å²) in [5.41, 5.74) is 6.68. The Labute approximate surface area is 204 Å². The molecule has 180 valence electrons. The number of primary amides is 1. The largest absolute Gasteiger partial charge is 0.363 e. The van der Waals surface area contributed by atoms with Gasteiger partial charge in [-0.1, -0.05) is 60.7 Å². The molecule has 1 fully saturated rings. The Morgan fingerprint density at radius 2 is 1.74 bits per heavy atom. The van der Waals surface area contributed by atoms with E-state index >= 15 is 0 Å². The van der Waals surface area contributed by atoms with Crippen LogP contribution in [0, 0.1) is 5.92 Å². The molecule has 2 aromatic rings. The van der Waals surface area contributed by atoms with Crippen molar-refractivity contribution in [3.8, 4) is 0 Å². The second kappa shape index (κ2) is 11.0. The van der Waals surface area contributed by atoms with Crippen LogP contribution in [0.4, 0.5) is 0 Å². The highest BCUT2D eigenvalue weighted by atomic mass is 16.2. The average Bonchev–Trinajstić information content (AvgIpc) is 3.15. The number of hydrogen-bond donors (Lipinski definition) is 2. The summed E-state index contributed by atoms with van der Waals surface area (Å²) in [6.07, 6.45) is 11.5. The van der Waals surface area contributed by atoms with Gasteiger partial charge in [-0.05, 0) is 47.7 Å². The molecule has 2 aromatic carbocycles. The smallest absolute Gasteiger partial charge is 0.287 e. The third-order valence-electron chi connectivity index (χ3n) is 6.52. The molecule has 7 nitrogen and oxygen atoms in total. The molecule has 1 saturated heterocycles. The van der Waals surface area contributed by atoms with Crippen LogP contribution in [0.1, 0.15) is 36.0 Å². The molecule has 3 N–H and O–H groups in total. The minimum atomic E-state index is -1.07. The summed E-state index contributed by atoms with van der Waals surface area (Å²) in [6, 6.07) is 12.5. The molecule has 35 heavy (non-hydrogen) atoms. The van der Waals surface area contributed by atoms with E-state index in [2.05, 4.69) is 5.32 Å². The first kappa shape index (κ1) is 24.1. The Bertz CT molecular complexity index is 1240. The van der Waals surface area contributed by atoms with Crippen LogP contribution in [-0.4, -0.2) is 47.5 Å². The first-order chi connectivity index (χ1) is 16.9. The van der Waals surface area contributed by atoms with E-state index in [1.54, 1.807) is 4.90 Å². The highest BCUT2D eigenvalue weighted by molar-refractivity contribution is 6.37. The molecule has 0 aromatic heterocycles.